The summed E-state index contributed by atoms with van der Waals surface area (Å²) in [5.74, 6) is 1.88. The van der Waals surface area contributed by atoms with Crippen molar-refractivity contribution >= 4 is 11.8 Å². The van der Waals surface area contributed by atoms with Gasteiger partial charge in [0, 0.05) is 46.5 Å². The smallest absolute Gasteiger partial charge is 0.193 e. The number of hydrogen-bond acceptors (Lipinski definition) is 4. The molecule has 3 rings (SSSR count). The zero-order valence-corrected chi connectivity index (χ0v) is 17.4. The first kappa shape index (κ1) is 20.1. The van der Waals surface area contributed by atoms with Gasteiger partial charge < -0.3 is 19.9 Å². The minimum absolute atomic E-state index is 0.254. The predicted octanol–water partition coefficient (Wildman–Crippen LogP) is 2.82. The van der Waals surface area contributed by atoms with Crippen LogP contribution >= 0.6 is 0 Å². The molecule has 1 atom stereocenters. The van der Waals surface area contributed by atoms with Crippen LogP contribution in [-0.4, -0.2) is 55.7 Å². The normalized spacial score (nSPS) is 17.5. The summed E-state index contributed by atoms with van der Waals surface area (Å²) in [7, 11) is 3.88. The van der Waals surface area contributed by atoms with Gasteiger partial charge in [0.05, 0.1) is 12.7 Å². The van der Waals surface area contributed by atoms with Crippen LogP contribution < -0.4 is 10.2 Å². The van der Waals surface area contributed by atoms with Crippen LogP contribution in [0.2, 0.25) is 0 Å². The number of nitrogens with zero attached hydrogens (tertiary/aromatic N) is 4. The van der Waals surface area contributed by atoms with E-state index in [1.165, 1.54) is 11.1 Å². The molecule has 1 aromatic heterocycles. The van der Waals surface area contributed by atoms with Gasteiger partial charge in [-0.1, -0.05) is 30.3 Å². The van der Waals surface area contributed by atoms with E-state index in [1.54, 1.807) is 0 Å². The second-order valence-electron chi connectivity index (χ2n) is 7.34. The highest BCUT2D eigenvalue weighted by Crippen LogP contribution is 2.15. The second-order valence-corrected chi connectivity index (χ2v) is 7.34. The van der Waals surface area contributed by atoms with E-state index >= 15 is 0 Å². The van der Waals surface area contributed by atoms with Gasteiger partial charge in [-0.15, -0.1) is 0 Å². The van der Waals surface area contributed by atoms with E-state index in [9.17, 15) is 0 Å². The molecule has 0 amide bonds. The standard InChI is InChI=1S/C22H31N5O/c1-17-7-5-6-8-20(17)16-26(4)22(23-3)25-14-19-9-10-21(24-13-19)27-11-12-28-18(2)15-27/h5-10,13,18H,11-12,14-16H2,1-4H3,(H,23,25). The highest BCUT2D eigenvalue weighted by Gasteiger charge is 2.17. The highest BCUT2D eigenvalue weighted by molar-refractivity contribution is 5.79. The number of aliphatic imine (C=N–C) groups is 1. The molecule has 0 saturated carbocycles. The maximum atomic E-state index is 5.61. The summed E-state index contributed by atoms with van der Waals surface area (Å²) >= 11 is 0. The third-order valence-electron chi connectivity index (χ3n) is 5.07. The van der Waals surface area contributed by atoms with Gasteiger partial charge in [-0.05, 0) is 36.6 Å². The number of nitrogens with one attached hydrogen (secondary N) is 1. The zero-order chi connectivity index (χ0) is 19.9. The highest BCUT2D eigenvalue weighted by atomic mass is 16.5. The van der Waals surface area contributed by atoms with Crippen molar-refractivity contribution in [3.8, 4) is 0 Å². The van der Waals surface area contributed by atoms with Gasteiger partial charge >= 0.3 is 0 Å². The Bertz CT molecular complexity index is 790. The number of guanidine groups is 1. The lowest BCUT2D eigenvalue weighted by atomic mass is 10.1. The summed E-state index contributed by atoms with van der Waals surface area (Å²) in [5, 5.41) is 3.43. The number of pyridine rings is 1. The van der Waals surface area contributed by atoms with Crippen molar-refractivity contribution < 1.29 is 4.74 Å². The molecule has 1 aromatic carbocycles. The van der Waals surface area contributed by atoms with Crippen molar-refractivity contribution in [2.24, 2.45) is 4.99 Å². The summed E-state index contributed by atoms with van der Waals surface area (Å²) in [6.07, 6.45) is 2.20. The molecule has 1 aliphatic heterocycles. The van der Waals surface area contributed by atoms with Crippen molar-refractivity contribution in [2.75, 3.05) is 38.7 Å². The first-order valence-corrected chi connectivity index (χ1v) is 9.84. The molecule has 0 bridgehead atoms. The molecule has 1 N–H and O–H groups in total. The maximum absolute atomic E-state index is 5.61. The van der Waals surface area contributed by atoms with Gasteiger partial charge in [-0.3, -0.25) is 4.99 Å². The summed E-state index contributed by atoms with van der Waals surface area (Å²) in [6.45, 7) is 8.30. The van der Waals surface area contributed by atoms with Gasteiger partial charge in [-0.25, -0.2) is 4.98 Å². The number of benzene rings is 1. The lowest BCUT2D eigenvalue weighted by molar-refractivity contribution is 0.0529. The van der Waals surface area contributed by atoms with Crippen molar-refractivity contribution in [1.82, 2.24) is 15.2 Å². The first-order valence-electron chi connectivity index (χ1n) is 9.84. The zero-order valence-electron chi connectivity index (χ0n) is 17.4. The summed E-state index contributed by atoms with van der Waals surface area (Å²) in [6, 6.07) is 12.7. The molecule has 6 nitrogen and oxygen atoms in total. The third kappa shape index (κ3) is 5.23. The van der Waals surface area contributed by atoms with E-state index in [2.05, 4.69) is 82.4 Å². The largest absolute Gasteiger partial charge is 0.375 e. The van der Waals surface area contributed by atoms with Gasteiger partial charge in [-0.2, -0.15) is 0 Å². The molecule has 6 heteroatoms. The van der Waals surface area contributed by atoms with Crippen LogP contribution in [0.1, 0.15) is 23.6 Å². The van der Waals surface area contributed by atoms with Crippen molar-refractivity contribution in [2.45, 2.75) is 33.0 Å². The quantitative estimate of drug-likeness (QED) is 0.638. The lowest BCUT2D eigenvalue weighted by Crippen LogP contribution is -2.41. The van der Waals surface area contributed by atoms with Crippen LogP contribution in [0.25, 0.3) is 0 Å². The molecule has 0 radical (unpaired) electrons. The topological polar surface area (TPSA) is 53.0 Å². The number of morpholine rings is 1. The second kappa shape index (κ2) is 9.55. The number of aryl methyl sites for hydroxylation is 1. The van der Waals surface area contributed by atoms with E-state index in [0.29, 0.717) is 6.54 Å². The van der Waals surface area contributed by atoms with Crippen LogP contribution in [0.5, 0.6) is 0 Å². The number of rotatable bonds is 5. The molecule has 1 unspecified atom stereocenters. The average Bonchev–Trinajstić information content (AvgIpc) is 2.71. The Labute approximate surface area is 168 Å². The molecule has 1 saturated heterocycles. The van der Waals surface area contributed by atoms with E-state index < -0.39 is 0 Å². The molecule has 150 valence electrons. The number of ether oxygens (including phenoxy) is 1. The molecule has 2 aromatic rings. The summed E-state index contributed by atoms with van der Waals surface area (Å²) < 4.78 is 5.61. The van der Waals surface area contributed by atoms with Gasteiger partial charge in [0.15, 0.2) is 5.96 Å². The van der Waals surface area contributed by atoms with Crippen LogP contribution in [-0.2, 0) is 17.8 Å². The minimum atomic E-state index is 0.254. The maximum Gasteiger partial charge on any atom is 0.193 e. The fraction of sp³-hybridized carbons (Fsp3) is 0.455. The molecule has 1 aliphatic rings. The Morgan fingerprint density at radius 1 is 1.32 bits per heavy atom. The molecular formula is C22H31N5O. The fourth-order valence-electron chi connectivity index (χ4n) is 3.42. The Balaban J connectivity index is 1.55. The van der Waals surface area contributed by atoms with Crippen LogP contribution in [0.3, 0.4) is 0 Å². The van der Waals surface area contributed by atoms with Crippen LogP contribution in [0, 0.1) is 6.92 Å². The Morgan fingerprint density at radius 3 is 2.82 bits per heavy atom. The Hall–Kier alpha value is -2.60. The van der Waals surface area contributed by atoms with Crippen LogP contribution in [0.4, 0.5) is 5.82 Å². The van der Waals surface area contributed by atoms with Crippen LogP contribution in [0.15, 0.2) is 47.6 Å². The lowest BCUT2D eigenvalue weighted by Gasteiger charge is -2.32. The van der Waals surface area contributed by atoms with Crippen molar-refractivity contribution in [3.63, 3.8) is 0 Å². The predicted molar refractivity (Wildman–Crippen MR) is 115 cm³/mol. The van der Waals surface area contributed by atoms with E-state index in [1.807, 2.05) is 13.2 Å². The fourth-order valence-corrected chi connectivity index (χ4v) is 3.42. The number of hydrogen-bond donors (Lipinski definition) is 1. The van der Waals surface area contributed by atoms with Gasteiger partial charge in [0.25, 0.3) is 0 Å². The molecule has 0 spiro atoms. The monoisotopic (exact) mass is 381 g/mol. The first-order chi connectivity index (χ1) is 13.6. The molecular weight excluding hydrogens is 350 g/mol. The SMILES string of the molecule is CN=C(NCc1ccc(N2CCOC(C)C2)nc1)N(C)Cc1ccccc1C. The van der Waals surface area contributed by atoms with Crippen molar-refractivity contribution in [1.29, 1.82) is 0 Å². The average molecular weight is 382 g/mol. The van der Waals surface area contributed by atoms with E-state index in [4.69, 9.17) is 4.74 Å². The van der Waals surface area contributed by atoms with Crippen molar-refractivity contribution in [3.05, 3.63) is 59.3 Å². The van der Waals surface area contributed by atoms with E-state index in [-0.39, 0.29) is 6.10 Å². The Kier molecular flexibility index (Phi) is 6.87. The van der Waals surface area contributed by atoms with E-state index in [0.717, 1.165) is 43.6 Å². The summed E-state index contributed by atoms with van der Waals surface area (Å²) in [4.78, 5) is 13.5. The van der Waals surface area contributed by atoms with Gasteiger partial charge in [0.1, 0.15) is 5.82 Å². The number of aromatic nitrogens is 1. The third-order valence-corrected chi connectivity index (χ3v) is 5.07. The minimum Gasteiger partial charge on any atom is -0.375 e. The molecule has 2 heterocycles. The molecule has 0 aliphatic carbocycles. The molecule has 28 heavy (non-hydrogen) atoms. The Morgan fingerprint density at radius 2 is 2.14 bits per heavy atom. The number of anilines is 1. The van der Waals surface area contributed by atoms with Gasteiger partial charge in [0.2, 0.25) is 0 Å². The molecule has 1 fully saturated rings. The summed E-state index contributed by atoms with van der Waals surface area (Å²) in [5.41, 5.74) is 3.73.